The summed E-state index contributed by atoms with van der Waals surface area (Å²) in [5.41, 5.74) is 0. The van der Waals surface area contributed by atoms with Crippen LogP contribution in [-0.2, 0) is 0 Å². The summed E-state index contributed by atoms with van der Waals surface area (Å²) in [7, 11) is 0. The van der Waals surface area contributed by atoms with Gasteiger partial charge in [0.1, 0.15) is 6.23 Å². The van der Waals surface area contributed by atoms with E-state index in [2.05, 4.69) is 10.2 Å². The van der Waals surface area contributed by atoms with E-state index in [9.17, 15) is 5.11 Å². The number of halogens is 1. The van der Waals surface area contributed by atoms with Crippen molar-refractivity contribution in [2.24, 2.45) is 0 Å². The molecule has 3 nitrogen and oxygen atoms in total. The van der Waals surface area contributed by atoms with E-state index in [4.69, 9.17) is 0 Å². The van der Waals surface area contributed by atoms with Crippen LogP contribution < -0.4 is 5.32 Å². The maximum atomic E-state index is 9.55. The lowest BCUT2D eigenvalue weighted by Gasteiger charge is -2.26. The Hall–Kier alpha value is 0.170. The first-order valence-corrected chi connectivity index (χ1v) is 4.52. The third-order valence-electron chi connectivity index (χ3n) is 2.76. The van der Waals surface area contributed by atoms with Gasteiger partial charge in [0.2, 0.25) is 0 Å². The molecule has 2 aliphatic heterocycles. The molecule has 0 aromatic rings. The van der Waals surface area contributed by atoms with Crippen LogP contribution in [-0.4, -0.2) is 41.9 Å². The molecule has 0 radical (unpaired) electrons. The van der Waals surface area contributed by atoms with E-state index >= 15 is 0 Å². The fourth-order valence-electron chi connectivity index (χ4n) is 2.12. The highest BCUT2D eigenvalue weighted by atomic mass is 35.5. The highest BCUT2D eigenvalue weighted by Gasteiger charge is 2.30. The molecule has 0 saturated carbocycles. The summed E-state index contributed by atoms with van der Waals surface area (Å²) < 4.78 is 0. The first kappa shape index (κ1) is 10.3. The lowest BCUT2D eigenvalue weighted by atomic mass is 10.2. The van der Waals surface area contributed by atoms with Gasteiger partial charge in [0, 0.05) is 19.1 Å². The molecule has 12 heavy (non-hydrogen) atoms. The van der Waals surface area contributed by atoms with Gasteiger partial charge in [-0.3, -0.25) is 4.90 Å². The first-order chi connectivity index (χ1) is 5.38. The molecular weight excluding hydrogens is 176 g/mol. The largest absolute Gasteiger partial charge is 0.378 e. The minimum atomic E-state index is -0.153. The quantitative estimate of drug-likeness (QED) is 0.623. The molecule has 0 spiro atoms. The molecule has 2 heterocycles. The van der Waals surface area contributed by atoms with Crippen molar-refractivity contribution in [3.05, 3.63) is 0 Å². The van der Waals surface area contributed by atoms with E-state index in [1.165, 1.54) is 6.42 Å². The zero-order chi connectivity index (χ0) is 7.68. The number of nitrogens with one attached hydrogen (secondary N) is 1. The van der Waals surface area contributed by atoms with Gasteiger partial charge in [0.05, 0.1) is 0 Å². The average Bonchev–Trinajstić information content (AvgIpc) is 2.55. The summed E-state index contributed by atoms with van der Waals surface area (Å²) >= 11 is 0. The molecule has 72 valence electrons. The normalized spacial score (nSPS) is 36.8. The lowest BCUT2D eigenvalue weighted by Crippen LogP contribution is -2.40. The summed E-state index contributed by atoms with van der Waals surface area (Å²) in [6, 6.07) is 0.604. The van der Waals surface area contributed by atoms with E-state index < -0.39 is 0 Å². The molecule has 2 N–H and O–H groups in total. The Labute approximate surface area is 79.5 Å². The van der Waals surface area contributed by atoms with Crippen molar-refractivity contribution in [3.8, 4) is 0 Å². The summed E-state index contributed by atoms with van der Waals surface area (Å²) in [6.45, 7) is 3.28. The van der Waals surface area contributed by atoms with Crippen molar-refractivity contribution in [2.75, 3.05) is 19.6 Å². The van der Waals surface area contributed by atoms with Crippen LogP contribution >= 0.6 is 12.4 Å². The smallest absolute Gasteiger partial charge is 0.107 e. The predicted molar refractivity (Wildman–Crippen MR) is 50.5 cm³/mol. The van der Waals surface area contributed by atoms with Gasteiger partial charge in [0.25, 0.3) is 0 Å². The van der Waals surface area contributed by atoms with Gasteiger partial charge in [0.15, 0.2) is 0 Å². The van der Waals surface area contributed by atoms with Gasteiger partial charge in [-0.15, -0.1) is 12.4 Å². The molecule has 4 heteroatoms. The molecule has 2 aliphatic rings. The standard InChI is InChI=1S/C8H16N2O.ClH/c11-8-2-1-5-10(8)7-3-4-9-6-7;/h7-9,11H,1-6H2;1H/t7-,8?;/m0./s1. The number of nitrogens with zero attached hydrogens (tertiary/aromatic N) is 1. The Morgan fingerprint density at radius 3 is 2.67 bits per heavy atom. The maximum absolute atomic E-state index is 9.55. The van der Waals surface area contributed by atoms with Gasteiger partial charge in [-0.1, -0.05) is 0 Å². The Morgan fingerprint density at radius 1 is 1.33 bits per heavy atom. The molecule has 0 aliphatic carbocycles. The summed E-state index contributed by atoms with van der Waals surface area (Å²) in [4.78, 5) is 2.24. The Morgan fingerprint density at radius 2 is 2.17 bits per heavy atom. The first-order valence-electron chi connectivity index (χ1n) is 4.52. The third-order valence-corrected chi connectivity index (χ3v) is 2.76. The van der Waals surface area contributed by atoms with Crippen LogP contribution in [0.5, 0.6) is 0 Å². The van der Waals surface area contributed by atoms with Crippen LogP contribution in [0.25, 0.3) is 0 Å². The van der Waals surface area contributed by atoms with Crippen molar-refractivity contribution in [1.82, 2.24) is 10.2 Å². The summed E-state index contributed by atoms with van der Waals surface area (Å²) in [5, 5.41) is 12.9. The highest BCUT2D eigenvalue weighted by Crippen LogP contribution is 2.20. The summed E-state index contributed by atoms with van der Waals surface area (Å²) in [6.07, 6.45) is 3.19. The zero-order valence-electron chi connectivity index (χ0n) is 7.20. The van der Waals surface area contributed by atoms with Crippen molar-refractivity contribution < 1.29 is 5.11 Å². The van der Waals surface area contributed by atoms with Crippen LogP contribution in [0.2, 0.25) is 0 Å². The summed E-state index contributed by atoms with van der Waals surface area (Å²) in [5.74, 6) is 0. The Balaban J connectivity index is 0.000000720. The SMILES string of the molecule is Cl.OC1CCCN1[C@H]1CCNC1. The number of rotatable bonds is 1. The molecule has 1 unspecified atom stereocenters. The number of aliphatic hydroxyl groups excluding tert-OH is 1. The lowest BCUT2D eigenvalue weighted by molar-refractivity contribution is 0.0137. The van der Waals surface area contributed by atoms with E-state index in [-0.39, 0.29) is 18.6 Å². The molecular formula is C8H17ClN2O. The van der Waals surface area contributed by atoms with E-state index in [0.717, 1.165) is 32.5 Å². The topological polar surface area (TPSA) is 35.5 Å². The minimum Gasteiger partial charge on any atom is -0.378 e. The van der Waals surface area contributed by atoms with Crippen LogP contribution in [0.15, 0.2) is 0 Å². The molecule has 0 amide bonds. The molecule has 0 bridgehead atoms. The van der Waals surface area contributed by atoms with Gasteiger partial charge < -0.3 is 10.4 Å². The molecule has 0 aromatic heterocycles. The van der Waals surface area contributed by atoms with Gasteiger partial charge in [-0.2, -0.15) is 0 Å². The average molecular weight is 193 g/mol. The third kappa shape index (κ3) is 1.91. The number of hydrogen-bond acceptors (Lipinski definition) is 3. The minimum absolute atomic E-state index is 0. The van der Waals surface area contributed by atoms with Gasteiger partial charge in [-0.25, -0.2) is 0 Å². The molecule has 2 fully saturated rings. The highest BCUT2D eigenvalue weighted by molar-refractivity contribution is 5.85. The maximum Gasteiger partial charge on any atom is 0.107 e. The number of hydrogen-bond donors (Lipinski definition) is 2. The van der Waals surface area contributed by atoms with Crippen molar-refractivity contribution in [2.45, 2.75) is 31.5 Å². The monoisotopic (exact) mass is 192 g/mol. The fraction of sp³-hybridized carbons (Fsp3) is 1.00. The Bertz CT molecular complexity index is 139. The fourth-order valence-corrected chi connectivity index (χ4v) is 2.12. The van der Waals surface area contributed by atoms with E-state index in [0.29, 0.717) is 6.04 Å². The second-order valence-electron chi connectivity index (χ2n) is 3.51. The van der Waals surface area contributed by atoms with Crippen molar-refractivity contribution in [1.29, 1.82) is 0 Å². The van der Waals surface area contributed by atoms with Crippen molar-refractivity contribution in [3.63, 3.8) is 0 Å². The molecule has 2 saturated heterocycles. The molecule has 0 aromatic carbocycles. The Kier molecular flexibility index (Phi) is 3.77. The van der Waals surface area contributed by atoms with Gasteiger partial charge >= 0.3 is 0 Å². The van der Waals surface area contributed by atoms with Crippen LogP contribution in [0, 0.1) is 0 Å². The predicted octanol–water partition coefficient (Wildman–Crippen LogP) is 0.184. The van der Waals surface area contributed by atoms with Crippen molar-refractivity contribution >= 4 is 12.4 Å². The molecule has 2 rings (SSSR count). The van der Waals surface area contributed by atoms with E-state index in [1.807, 2.05) is 0 Å². The number of aliphatic hydroxyl groups is 1. The number of likely N-dealkylation sites (tertiary alicyclic amines) is 1. The second kappa shape index (κ2) is 4.42. The molecule has 2 atom stereocenters. The van der Waals surface area contributed by atoms with Crippen LogP contribution in [0.3, 0.4) is 0 Å². The van der Waals surface area contributed by atoms with Crippen LogP contribution in [0.4, 0.5) is 0 Å². The van der Waals surface area contributed by atoms with Gasteiger partial charge in [-0.05, 0) is 25.8 Å². The van der Waals surface area contributed by atoms with Crippen LogP contribution in [0.1, 0.15) is 19.3 Å². The van der Waals surface area contributed by atoms with E-state index in [1.54, 1.807) is 0 Å². The second-order valence-corrected chi connectivity index (χ2v) is 3.51. The zero-order valence-corrected chi connectivity index (χ0v) is 8.02.